The van der Waals surface area contributed by atoms with Gasteiger partial charge in [0.2, 0.25) is 0 Å². The van der Waals surface area contributed by atoms with E-state index in [2.05, 4.69) is 58.4 Å². The number of nitrogens with zero attached hydrogens (tertiary/aromatic N) is 3. The molecule has 3 rings (SSSR count). The van der Waals surface area contributed by atoms with Gasteiger partial charge >= 0.3 is 0 Å². The number of benzene rings is 1. The zero-order valence-electron chi connectivity index (χ0n) is 17.9. The Morgan fingerprint density at radius 2 is 1.86 bits per heavy atom. The van der Waals surface area contributed by atoms with Crippen molar-refractivity contribution in [3.8, 4) is 11.3 Å². The molecule has 160 valence electrons. The summed E-state index contributed by atoms with van der Waals surface area (Å²) in [6.07, 6.45) is 5.85. The van der Waals surface area contributed by atoms with Crippen molar-refractivity contribution in [3.63, 3.8) is 0 Å². The number of guanidine groups is 1. The molecule has 7 heteroatoms. The number of imidazole rings is 1. The van der Waals surface area contributed by atoms with Crippen molar-refractivity contribution in [2.75, 3.05) is 26.2 Å². The Balaban J connectivity index is 0.00000300. The van der Waals surface area contributed by atoms with E-state index in [1.54, 1.807) is 0 Å². The van der Waals surface area contributed by atoms with E-state index in [1.165, 1.54) is 32.4 Å². The van der Waals surface area contributed by atoms with Gasteiger partial charge in [0.15, 0.2) is 5.96 Å². The highest BCUT2D eigenvalue weighted by atomic mass is 127. The molecule has 1 aromatic carbocycles. The standard InChI is InChI=1S/C22H34N6.HI/c1-4-23-21(26-17-22(2,3)28-13-9-6-10-14-28)25-16-20-24-15-19(27-20)18-11-7-5-8-12-18;/h5,7-8,11-12,15H,4,6,9-10,13-14,16-17H2,1-3H3,(H,24,27)(H2,23,25,26);1H. The molecule has 6 nitrogen and oxygen atoms in total. The summed E-state index contributed by atoms with van der Waals surface area (Å²) in [5, 5.41) is 6.87. The largest absolute Gasteiger partial charge is 0.357 e. The summed E-state index contributed by atoms with van der Waals surface area (Å²) in [6.45, 7) is 11.3. The molecule has 0 spiro atoms. The number of likely N-dealkylation sites (tertiary alicyclic amines) is 1. The number of hydrogen-bond donors (Lipinski definition) is 3. The molecule has 0 aliphatic carbocycles. The monoisotopic (exact) mass is 510 g/mol. The molecule has 0 saturated carbocycles. The van der Waals surface area contributed by atoms with Gasteiger partial charge < -0.3 is 15.6 Å². The number of aromatic amines is 1. The molecule has 2 heterocycles. The third kappa shape index (κ3) is 6.99. The highest BCUT2D eigenvalue weighted by Gasteiger charge is 2.27. The van der Waals surface area contributed by atoms with Crippen LogP contribution in [0, 0.1) is 0 Å². The van der Waals surface area contributed by atoms with Gasteiger partial charge in [0.05, 0.1) is 11.9 Å². The maximum atomic E-state index is 4.72. The number of aliphatic imine (C=N–C) groups is 1. The molecule has 29 heavy (non-hydrogen) atoms. The average Bonchev–Trinajstić information content (AvgIpc) is 3.20. The summed E-state index contributed by atoms with van der Waals surface area (Å²) in [4.78, 5) is 15.2. The van der Waals surface area contributed by atoms with Gasteiger partial charge in [0.1, 0.15) is 12.4 Å². The third-order valence-electron chi connectivity index (χ3n) is 5.34. The van der Waals surface area contributed by atoms with Crippen molar-refractivity contribution in [1.29, 1.82) is 0 Å². The van der Waals surface area contributed by atoms with Crippen molar-refractivity contribution >= 4 is 29.9 Å². The molecule has 1 fully saturated rings. The maximum Gasteiger partial charge on any atom is 0.191 e. The van der Waals surface area contributed by atoms with E-state index in [9.17, 15) is 0 Å². The summed E-state index contributed by atoms with van der Waals surface area (Å²) >= 11 is 0. The Hall–Kier alpha value is -1.61. The van der Waals surface area contributed by atoms with Crippen LogP contribution in [0.5, 0.6) is 0 Å². The number of halogens is 1. The van der Waals surface area contributed by atoms with Crippen LogP contribution < -0.4 is 10.6 Å². The van der Waals surface area contributed by atoms with Crippen LogP contribution >= 0.6 is 24.0 Å². The lowest BCUT2D eigenvalue weighted by molar-refractivity contribution is 0.0982. The lowest BCUT2D eigenvalue weighted by Crippen LogP contribution is -2.54. The Morgan fingerprint density at radius 3 is 2.55 bits per heavy atom. The second kappa shape index (κ2) is 11.5. The van der Waals surface area contributed by atoms with Crippen LogP contribution in [0.1, 0.15) is 45.9 Å². The molecule has 3 N–H and O–H groups in total. The second-order valence-corrected chi connectivity index (χ2v) is 8.02. The average molecular weight is 510 g/mol. The first-order valence-electron chi connectivity index (χ1n) is 10.4. The van der Waals surface area contributed by atoms with Gasteiger partial charge in [-0.3, -0.25) is 4.90 Å². The first-order chi connectivity index (χ1) is 13.6. The summed E-state index contributed by atoms with van der Waals surface area (Å²) in [7, 11) is 0. The Bertz CT molecular complexity index is 750. The lowest BCUT2D eigenvalue weighted by atomic mass is 9.98. The van der Waals surface area contributed by atoms with E-state index in [1.807, 2.05) is 24.4 Å². The van der Waals surface area contributed by atoms with Crippen molar-refractivity contribution < 1.29 is 0 Å². The minimum Gasteiger partial charge on any atom is -0.357 e. The predicted molar refractivity (Wildman–Crippen MR) is 132 cm³/mol. The Kier molecular flexibility index (Phi) is 9.42. The van der Waals surface area contributed by atoms with E-state index < -0.39 is 0 Å². The summed E-state index contributed by atoms with van der Waals surface area (Å²) in [6, 6.07) is 10.2. The first kappa shape index (κ1) is 23.7. The van der Waals surface area contributed by atoms with Crippen LogP contribution in [-0.4, -0.2) is 52.5 Å². The van der Waals surface area contributed by atoms with Crippen LogP contribution in [0.25, 0.3) is 11.3 Å². The van der Waals surface area contributed by atoms with E-state index in [4.69, 9.17) is 4.99 Å². The molecule has 1 saturated heterocycles. The SMILES string of the molecule is CCNC(=NCc1ncc(-c2ccccc2)[nH]1)NCC(C)(C)N1CCCCC1.I. The predicted octanol–water partition coefficient (Wildman–Crippen LogP) is 4.01. The summed E-state index contributed by atoms with van der Waals surface area (Å²) < 4.78 is 0. The maximum absolute atomic E-state index is 4.72. The quantitative estimate of drug-likeness (QED) is 0.299. The number of H-pyrrole nitrogens is 1. The molecule has 1 aromatic heterocycles. The van der Waals surface area contributed by atoms with Crippen LogP contribution in [0.2, 0.25) is 0 Å². The molecule has 1 aliphatic heterocycles. The first-order valence-corrected chi connectivity index (χ1v) is 10.4. The fourth-order valence-electron chi connectivity index (χ4n) is 3.61. The molecular formula is C22H35IN6. The van der Waals surface area contributed by atoms with E-state index in [0.29, 0.717) is 6.54 Å². The van der Waals surface area contributed by atoms with E-state index in [-0.39, 0.29) is 29.5 Å². The van der Waals surface area contributed by atoms with Gasteiger partial charge in [0, 0.05) is 18.6 Å². The minimum atomic E-state index is 0. The van der Waals surface area contributed by atoms with Crippen LogP contribution in [0.15, 0.2) is 41.5 Å². The zero-order chi connectivity index (χ0) is 19.8. The smallest absolute Gasteiger partial charge is 0.191 e. The fraction of sp³-hybridized carbons (Fsp3) is 0.545. The molecule has 2 aromatic rings. The van der Waals surface area contributed by atoms with Gasteiger partial charge in [-0.25, -0.2) is 9.98 Å². The van der Waals surface area contributed by atoms with Crippen LogP contribution in [-0.2, 0) is 6.54 Å². The number of rotatable bonds is 7. The van der Waals surface area contributed by atoms with Gasteiger partial charge in [0.25, 0.3) is 0 Å². The normalized spacial score (nSPS) is 15.6. The van der Waals surface area contributed by atoms with Crippen molar-refractivity contribution in [2.24, 2.45) is 4.99 Å². The topological polar surface area (TPSA) is 68.3 Å². The van der Waals surface area contributed by atoms with Gasteiger partial charge in [-0.1, -0.05) is 36.8 Å². The minimum absolute atomic E-state index is 0. The molecule has 0 bridgehead atoms. The molecule has 0 radical (unpaired) electrons. The number of aromatic nitrogens is 2. The molecule has 1 aliphatic rings. The fourth-order valence-corrected chi connectivity index (χ4v) is 3.61. The van der Waals surface area contributed by atoms with Gasteiger partial charge in [-0.2, -0.15) is 0 Å². The van der Waals surface area contributed by atoms with Crippen LogP contribution in [0.3, 0.4) is 0 Å². The number of nitrogens with one attached hydrogen (secondary N) is 3. The Morgan fingerprint density at radius 1 is 1.14 bits per heavy atom. The van der Waals surface area contributed by atoms with Crippen molar-refractivity contribution in [1.82, 2.24) is 25.5 Å². The van der Waals surface area contributed by atoms with Crippen LogP contribution in [0.4, 0.5) is 0 Å². The summed E-state index contributed by atoms with van der Waals surface area (Å²) in [5.74, 6) is 1.71. The second-order valence-electron chi connectivity index (χ2n) is 8.02. The molecular weight excluding hydrogens is 475 g/mol. The third-order valence-corrected chi connectivity index (χ3v) is 5.34. The zero-order valence-corrected chi connectivity index (χ0v) is 20.2. The molecule has 0 atom stereocenters. The lowest BCUT2D eigenvalue weighted by Gasteiger charge is -2.41. The van der Waals surface area contributed by atoms with Gasteiger partial charge in [-0.05, 0) is 52.3 Å². The summed E-state index contributed by atoms with van der Waals surface area (Å²) in [5.41, 5.74) is 2.27. The number of piperidine rings is 1. The highest BCUT2D eigenvalue weighted by molar-refractivity contribution is 14.0. The Labute approximate surface area is 192 Å². The van der Waals surface area contributed by atoms with E-state index in [0.717, 1.165) is 36.1 Å². The van der Waals surface area contributed by atoms with Crippen molar-refractivity contribution in [3.05, 3.63) is 42.4 Å². The molecule has 0 unspecified atom stereocenters. The number of hydrogen-bond acceptors (Lipinski definition) is 3. The van der Waals surface area contributed by atoms with Crippen molar-refractivity contribution in [2.45, 2.75) is 52.1 Å². The van der Waals surface area contributed by atoms with E-state index >= 15 is 0 Å². The highest BCUT2D eigenvalue weighted by Crippen LogP contribution is 2.20. The van der Waals surface area contributed by atoms with Gasteiger partial charge in [-0.15, -0.1) is 24.0 Å². The molecule has 0 amide bonds.